The monoisotopic (exact) mass is 318 g/mol. The van der Waals surface area contributed by atoms with Crippen molar-refractivity contribution in [2.45, 2.75) is 59.2 Å². The lowest BCUT2D eigenvalue weighted by atomic mass is 9.88. The van der Waals surface area contributed by atoms with Crippen LogP contribution in [0.25, 0.3) is 0 Å². The third-order valence-electron chi connectivity index (χ3n) is 4.49. The fourth-order valence-electron chi connectivity index (χ4n) is 3.11. The van der Waals surface area contributed by atoms with Gasteiger partial charge in [0.25, 0.3) is 0 Å². The Kier molecular flexibility index (Phi) is 5.04. The van der Waals surface area contributed by atoms with Crippen molar-refractivity contribution in [3.63, 3.8) is 0 Å². The Balaban J connectivity index is 2.02. The average Bonchev–Trinajstić information content (AvgIpc) is 2.72. The van der Waals surface area contributed by atoms with Gasteiger partial charge in [0.05, 0.1) is 6.04 Å². The molecule has 1 aromatic rings. The van der Waals surface area contributed by atoms with Crippen LogP contribution >= 0.6 is 0 Å². The molecule has 0 unspecified atom stereocenters. The highest BCUT2D eigenvalue weighted by atomic mass is 16.6. The number of nitrogens with zero attached hydrogens (tertiary/aromatic N) is 1. The molecular weight excluding hydrogens is 288 g/mol. The van der Waals surface area contributed by atoms with E-state index < -0.39 is 5.60 Å². The second-order valence-corrected chi connectivity index (χ2v) is 8.20. The zero-order valence-corrected chi connectivity index (χ0v) is 15.2. The van der Waals surface area contributed by atoms with Gasteiger partial charge in [-0.15, -0.1) is 0 Å². The minimum absolute atomic E-state index is 0.0138. The van der Waals surface area contributed by atoms with E-state index in [0.717, 1.165) is 13.1 Å². The number of amides is 1. The van der Waals surface area contributed by atoms with Gasteiger partial charge in [0, 0.05) is 19.1 Å². The summed E-state index contributed by atoms with van der Waals surface area (Å²) in [4.78, 5) is 14.5. The summed E-state index contributed by atoms with van der Waals surface area (Å²) < 4.78 is 5.40. The number of hydrogen-bond donors (Lipinski definition) is 1. The molecule has 1 N–H and O–H groups in total. The van der Waals surface area contributed by atoms with E-state index in [1.165, 1.54) is 5.56 Å². The van der Waals surface area contributed by atoms with Crippen LogP contribution in [0.4, 0.5) is 4.79 Å². The summed E-state index contributed by atoms with van der Waals surface area (Å²) in [5, 5.41) is 3.06. The van der Waals surface area contributed by atoms with E-state index in [-0.39, 0.29) is 17.6 Å². The van der Waals surface area contributed by atoms with Crippen LogP contribution in [0.5, 0.6) is 0 Å². The van der Waals surface area contributed by atoms with Crippen LogP contribution in [-0.2, 0) is 4.74 Å². The van der Waals surface area contributed by atoms with Crippen molar-refractivity contribution in [3.05, 3.63) is 35.9 Å². The summed E-state index contributed by atoms with van der Waals surface area (Å²) in [6.45, 7) is 14.1. The Bertz CT molecular complexity index is 534. The van der Waals surface area contributed by atoms with E-state index in [4.69, 9.17) is 4.74 Å². The summed E-state index contributed by atoms with van der Waals surface area (Å²) in [6, 6.07) is 10.9. The van der Waals surface area contributed by atoms with Crippen molar-refractivity contribution >= 4 is 6.09 Å². The SMILES string of the molecule is C[C@H](c1ccccc1)N1C[C@@H](NC(=O)OC(C)(C)C)C(C)(C)C1. The highest BCUT2D eigenvalue weighted by molar-refractivity contribution is 5.68. The topological polar surface area (TPSA) is 41.6 Å². The largest absolute Gasteiger partial charge is 0.444 e. The van der Waals surface area contributed by atoms with Gasteiger partial charge in [-0.3, -0.25) is 4.90 Å². The molecule has 128 valence electrons. The second kappa shape index (κ2) is 6.52. The van der Waals surface area contributed by atoms with Crippen LogP contribution in [0.15, 0.2) is 30.3 Å². The summed E-state index contributed by atoms with van der Waals surface area (Å²) in [5.74, 6) is 0. The Morgan fingerprint density at radius 3 is 2.48 bits per heavy atom. The lowest BCUT2D eigenvalue weighted by molar-refractivity contribution is 0.0479. The number of benzene rings is 1. The molecule has 1 saturated heterocycles. The third-order valence-corrected chi connectivity index (χ3v) is 4.49. The summed E-state index contributed by atoms with van der Waals surface area (Å²) in [7, 11) is 0. The van der Waals surface area contributed by atoms with Crippen molar-refractivity contribution < 1.29 is 9.53 Å². The van der Waals surface area contributed by atoms with E-state index in [1.54, 1.807) is 0 Å². The smallest absolute Gasteiger partial charge is 0.407 e. The molecule has 4 nitrogen and oxygen atoms in total. The van der Waals surface area contributed by atoms with Gasteiger partial charge >= 0.3 is 6.09 Å². The van der Waals surface area contributed by atoms with Crippen LogP contribution in [-0.4, -0.2) is 35.7 Å². The number of ether oxygens (including phenoxy) is 1. The standard InChI is InChI=1S/C19H30N2O2/c1-14(15-10-8-7-9-11-15)21-12-16(19(5,6)13-21)20-17(22)23-18(2,3)4/h7-11,14,16H,12-13H2,1-6H3,(H,20,22)/t14-,16-/m1/s1. The maximum atomic E-state index is 12.1. The van der Waals surface area contributed by atoms with Gasteiger partial charge in [-0.1, -0.05) is 44.2 Å². The molecule has 2 rings (SSSR count). The molecule has 0 aliphatic carbocycles. The molecule has 0 bridgehead atoms. The minimum Gasteiger partial charge on any atom is -0.444 e. The summed E-state index contributed by atoms with van der Waals surface area (Å²) in [6.07, 6.45) is -0.329. The molecule has 0 radical (unpaired) electrons. The van der Waals surface area contributed by atoms with E-state index in [1.807, 2.05) is 26.8 Å². The lowest BCUT2D eigenvalue weighted by Gasteiger charge is -2.28. The van der Waals surface area contributed by atoms with Crippen LogP contribution in [0, 0.1) is 5.41 Å². The number of nitrogens with one attached hydrogen (secondary N) is 1. The molecule has 1 heterocycles. The quantitative estimate of drug-likeness (QED) is 0.916. The molecule has 1 fully saturated rings. The Hall–Kier alpha value is -1.55. The normalized spacial score (nSPS) is 22.6. The molecule has 1 aliphatic heterocycles. The maximum Gasteiger partial charge on any atom is 0.407 e. The molecule has 0 saturated carbocycles. The molecule has 1 aromatic carbocycles. The van der Waals surface area contributed by atoms with Crippen molar-refractivity contribution in [2.24, 2.45) is 5.41 Å². The molecule has 1 aliphatic rings. The minimum atomic E-state index is -0.468. The predicted molar refractivity (Wildman–Crippen MR) is 93.4 cm³/mol. The number of alkyl carbamates (subject to hydrolysis) is 1. The molecule has 0 aromatic heterocycles. The van der Waals surface area contributed by atoms with Gasteiger partial charge in [0.2, 0.25) is 0 Å². The Labute approximate surface area is 140 Å². The number of carbonyl (C=O) groups excluding carboxylic acids is 1. The number of rotatable bonds is 3. The van der Waals surface area contributed by atoms with Gasteiger partial charge in [0.15, 0.2) is 0 Å². The second-order valence-electron chi connectivity index (χ2n) is 8.20. The van der Waals surface area contributed by atoms with Crippen molar-refractivity contribution in [3.8, 4) is 0 Å². The Morgan fingerprint density at radius 2 is 1.91 bits per heavy atom. The van der Waals surface area contributed by atoms with E-state index >= 15 is 0 Å². The summed E-state index contributed by atoms with van der Waals surface area (Å²) >= 11 is 0. The van der Waals surface area contributed by atoms with Crippen LogP contribution in [0.2, 0.25) is 0 Å². The molecule has 0 spiro atoms. The van der Waals surface area contributed by atoms with Crippen LogP contribution in [0.1, 0.15) is 53.1 Å². The highest BCUT2D eigenvalue weighted by Crippen LogP contribution is 2.35. The van der Waals surface area contributed by atoms with Gasteiger partial charge in [-0.25, -0.2) is 4.79 Å². The molecular formula is C19H30N2O2. The van der Waals surface area contributed by atoms with Gasteiger partial charge < -0.3 is 10.1 Å². The van der Waals surface area contributed by atoms with Crippen LogP contribution < -0.4 is 5.32 Å². The highest BCUT2D eigenvalue weighted by Gasteiger charge is 2.42. The number of carbonyl (C=O) groups is 1. The third kappa shape index (κ3) is 4.71. The fraction of sp³-hybridized carbons (Fsp3) is 0.632. The predicted octanol–water partition coefficient (Wildman–Crippen LogP) is 3.98. The maximum absolute atomic E-state index is 12.1. The molecule has 23 heavy (non-hydrogen) atoms. The number of likely N-dealkylation sites (tertiary alicyclic amines) is 1. The van der Waals surface area contributed by atoms with E-state index in [2.05, 4.69) is 55.3 Å². The van der Waals surface area contributed by atoms with Gasteiger partial charge in [0.1, 0.15) is 5.60 Å². The first-order valence-electron chi connectivity index (χ1n) is 8.37. The van der Waals surface area contributed by atoms with Crippen molar-refractivity contribution in [1.29, 1.82) is 0 Å². The van der Waals surface area contributed by atoms with E-state index in [0.29, 0.717) is 6.04 Å². The number of hydrogen-bond acceptors (Lipinski definition) is 3. The van der Waals surface area contributed by atoms with Crippen LogP contribution in [0.3, 0.4) is 0 Å². The van der Waals surface area contributed by atoms with Crippen molar-refractivity contribution in [1.82, 2.24) is 10.2 Å². The molecule has 4 heteroatoms. The molecule has 1 amide bonds. The van der Waals surface area contributed by atoms with Gasteiger partial charge in [-0.05, 0) is 38.7 Å². The fourth-order valence-corrected chi connectivity index (χ4v) is 3.11. The van der Waals surface area contributed by atoms with Crippen molar-refractivity contribution in [2.75, 3.05) is 13.1 Å². The zero-order valence-electron chi connectivity index (χ0n) is 15.2. The first-order chi connectivity index (χ1) is 10.6. The summed E-state index contributed by atoms with van der Waals surface area (Å²) in [5.41, 5.74) is 0.852. The lowest BCUT2D eigenvalue weighted by Crippen LogP contribution is -2.46. The van der Waals surface area contributed by atoms with Gasteiger partial charge in [-0.2, -0.15) is 0 Å². The first-order valence-corrected chi connectivity index (χ1v) is 8.37. The average molecular weight is 318 g/mol. The molecule has 2 atom stereocenters. The zero-order chi connectivity index (χ0) is 17.3. The Morgan fingerprint density at radius 1 is 1.30 bits per heavy atom. The van der Waals surface area contributed by atoms with E-state index in [9.17, 15) is 4.79 Å². The first kappa shape index (κ1) is 17.8.